The first-order chi connectivity index (χ1) is 10.4. The summed E-state index contributed by atoms with van der Waals surface area (Å²) in [5.41, 5.74) is -0.321. The van der Waals surface area contributed by atoms with Crippen molar-refractivity contribution in [2.24, 2.45) is 0 Å². The van der Waals surface area contributed by atoms with Crippen LogP contribution in [-0.2, 0) is 12.7 Å². The van der Waals surface area contributed by atoms with Gasteiger partial charge in [0, 0.05) is 6.54 Å². The van der Waals surface area contributed by atoms with E-state index in [1.165, 1.54) is 0 Å². The summed E-state index contributed by atoms with van der Waals surface area (Å²) in [7, 11) is 0. The molecule has 0 radical (unpaired) electrons. The second-order valence-corrected chi connectivity index (χ2v) is 4.89. The molecule has 0 aliphatic rings. The molecule has 0 fully saturated rings. The fourth-order valence-corrected chi connectivity index (χ4v) is 1.92. The predicted octanol–water partition coefficient (Wildman–Crippen LogP) is 4.33. The Morgan fingerprint density at radius 2 is 1.73 bits per heavy atom. The highest BCUT2D eigenvalue weighted by Gasteiger charge is 2.31. The summed E-state index contributed by atoms with van der Waals surface area (Å²) in [5.74, 6) is -0.808. The smallest absolute Gasteiger partial charge is 0.358 e. The fraction of sp³-hybridized carbons (Fsp3) is 0.133. The largest absolute Gasteiger partial charge is 0.416 e. The van der Waals surface area contributed by atoms with Crippen molar-refractivity contribution in [1.82, 2.24) is 5.32 Å². The fourth-order valence-electron chi connectivity index (χ4n) is 1.74. The topological polar surface area (TPSA) is 24.1 Å². The molecule has 116 valence electrons. The minimum absolute atomic E-state index is 0.0436. The number of rotatable bonds is 3. The number of halogens is 4. The summed E-state index contributed by atoms with van der Waals surface area (Å²) in [6.07, 6.45) is -4.54. The molecule has 22 heavy (non-hydrogen) atoms. The molecule has 2 N–H and O–H groups in total. The molecule has 0 saturated carbocycles. The number of hydrogen-bond acceptors (Lipinski definition) is 1. The van der Waals surface area contributed by atoms with Gasteiger partial charge in [0.25, 0.3) is 0 Å². The lowest BCUT2D eigenvalue weighted by atomic mass is 10.2. The van der Waals surface area contributed by atoms with Crippen LogP contribution in [0.5, 0.6) is 0 Å². The van der Waals surface area contributed by atoms with Crippen molar-refractivity contribution in [1.29, 1.82) is 0 Å². The average Bonchev–Trinajstić information content (AvgIpc) is 2.47. The lowest BCUT2D eigenvalue weighted by Gasteiger charge is -2.13. The summed E-state index contributed by atoms with van der Waals surface area (Å²) < 4.78 is 51.4. The van der Waals surface area contributed by atoms with Gasteiger partial charge in [0.2, 0.25) is 0 Å². The molecule has 2 aromatic carbocycles. The predicted molar refractivity (Wildman–Crippen MR) is 80.9 cm³/mol. The molecular formula is C15H12F4N2S. The van der Waals surface area contributed by atoms with E-state index >= 15 is 0 Å². The van der Waals surface area contributed by atoms with Crippen molar-refractivity contribution in [2.75, 3.05) is 5.32 Å². The standard InChI is InChI=1S/C15H12F4N2S/c16-12-7-6-11(15(17,18)19)8-13(12)21-14(22)20-9-10-4-2-1-3-5-10/h1-8H,9H2,(H2,20,21,22). The van der Waals surface area contributed by atoms with Crippen LogP contribution in [0.25, 0.3) is 0 Å². The number of anilines is 1. The second-order valence-electron chi connectivity index (χ2n) is 4.49. The Labute approximate surface area is 130 Å². The van der Waals surface area contributed by atoms with Gasteiger partial charge in [-0.1, -0.05) is 30.3 Å². The molecule has 0 atom stereocenters. The molecule has 0 saturated heterocycles. The summed E-state index contributed by atoms with van der Waals surface area (Å²) >= 11 is 4.96. The third-order valence-corrected chi connectivity index (χ3v) is 3.08. The molecule has 0 heterocycles. The van der Waals surface area contributed by atoms with E-state index in [4.69, 9.17) is 12.2 Å². The van der Waals surface area contributed by atoms with Gasteiger partial charge in [-0.25, -0.2) is 4.39 Å². The summed E-state index contributed by atoms with van der Waals surface area (Å²) in [6, 6.07) is 11.4. The monoisotopic (exact) mass is 328 g/mol. The van der Waals surface area contributed by atoms with Crippen LogP contribution in [0.3, 0.4) is 0 Å². The Morgan fingerprint density at radius 1 is 1.05 bits per heavy atom. The SMILES string of the molecule is Fc1ccc(C(F)(F)F)cc1NC(=S)NCc1ccccc1. The van der Waals surface area contributed by atoms with Gasteiger partial charge in [-0.3, -0.25) is 0 Å². The number of thiocarbonyl (C=S) groups is 1. The van der Waals surface area contributed by atoms with E-state index in [9.17, 15) is 17.6 Å². The first-order valence-corrected chi connectivity index (χ1v) is 6.72. The van der Waals surface area contributed by atoms with Crippen molar-refractivity contribution in [3.05, 3.63) is 65.5 Å². The molecule has 2 aromatic rings. The molecule has 0 aliphatic heterocycles. The van der Waals surface area contributed by atoms with Crippen LogP contribution in [0.1, 0.15) is 11.1 Å². The van der Waals surface area contributed by atoms with E-state index in [1.807, 2.05) is 30.3 Å². The summed E-state index contributed by atoms with van der Waals surface area (Å²) in [4.78, 5) is 0. The molecule has 0 spiro atoms. The maximum Gasteiger partial charge on any atom is 0.416 e. The van der Waals surface area contributed by atoms with Gasteiger partial charge >= 0.3 is 6.18 Å². The highest BCUT2D eigenvalue weighted by Crippen LogP contribution is 2.31. The third-order valence-electron chi connectivity index (χ3n) is 2.84. The Morgan fingerprint density at radius 3 is 2.36 bits per heavy atom. The van der Waals surface area contributed by atoms with E-state index in [0.29, 0.717) is 18.7 Å². The van der Waals surface area contributed by atoms with Crippen molar-refractivity contribution in [3.8, 4) is 0 Å². The molecule has 0 bridgehead atoms. The maximum absolute atomic E-state index is 13.6. The van der Waals surface area contributed by atoms with Crippen molar-refractivity contribution in [2.45, 2.75) is 12.7 Å². The van der Waals surface area contributed by atoms with E-state index in [2.05, 4.69) is 10.6 Å². The lowest BCUT2D eigenvalue weighted by molar-refractivity contribution is -0.137. The molecule has 2 rings (SSSR count). The minimum Gasteiger partial charge on any atom is -0.358 e. The van der Waals surface area contributed by atoms with Gasteiger partial charge in [0.05, 0.1) is 11.3 Å². The van der Waals surface area contributed by atoms with Gasteiger partial charge in [-0.05, 0) is 36.0 Å². The lowest BCUT2D eigenvalue weighted by Crippen LogP contribution is -2.28. The van der Waals surface area contributed by atoms with Gasteiger partial charge in [0.1, 0.15) is 5.82 Å². The summed E-state index contributed by atoms with van der Waals surface area (Å²) in [5, 5.41) is 5.29. The Balaban J connectivity index is 2.02. The van der Waals surface area contributed by atoms with Crippen LogP contribution in [-0.4, -0.2) is 5.11 Å². The Bertz CT molecular complexity index is 656. The van der Waals surface area contributed by atoms with Gasteiger partial charge in [-0.2, -0.15) is 13.2 Å². The zero-order valence-electron chi connectivity index (χ0n) is 11.2. The summed E-state index contributed by atoms with van der Waals surface area (Å²) in [6.45, 7) is 0.382. The van der Waals surface area contributed by atoms with Gasteiger partial charge in [-0.15, -0.1) is 0 Å². The number of alkyl halides is 3. The first-order valence-electron chi connectivity index (χ1n) is 6.32. The van der Waals surface area contributed by atoms with Crippen molar-refractivity contribution in [3.63, 3.8) is 0 Å². The highest BCUT2D eigenvalue weighted by atomic mass is 32.1. The van der Waals surface area contributed by atoms with Gasteiger partial charge in [0.15, 0.2) is 5.11 Å². The zero-order valence-corrected chi connectivity index (χ0v) is 12.1. The molecule has 2 nitrogen and oxygen atoms in total. The van der Waals surface area contributed by atoms with E-state index in [0.717, 1.165) is 11.6 Å². The minimum atomic E-state index is -4.54. The van der Waals surface area contributed by atoms with Crippen LogP contribution < -0.4 is 10.6 Å². The molecular weight excluding hydrogens is 316 g/mol. The molecule has 0 aromatic heterocycles. The Kier molecular flexibility index (Phi) is 4.97. The number of nitrogens with one attached hydrogen (secondary N) is 2. The van der Waals surface area contributed by atoms with Crippen molar-refractivity contribution < 1.29 is 17.6 Å². The van der Waals surface area contributed by atoms with E-state index < -0.39 is 17.6 Å². The van der Waals surface area contributed by atoms with E-state index in [1.54, 1.807) is 0 Å². The third kappa shape index (κ3) is 4.42. The molecule has 0 amide bonds. The van der Waals surface area contributed by atoms with Crippen LogP contribution in [0, 0.1) is 5.82 Å². The zero-order chi connectivity index (χ0) is 16.2. The quantitative estimate of drug-likeness (QED) is 0.648. The molecule has 0 unspecified atom stereocenters. The first kappa shape index (κ1) is 16.2. The Hall–Kier alpha value is -2.15. The van der Waals surface area contributed by atoms with Crippen molar-refractivity contribution >= 4 is 23.0 Å². The van der Waals surface area contributed by atoms with Crippen LogP contribution in [0.15, 0.2) is 48.5 Å². The van der Waals surface area contributed by atoms with Crippen LogP contribution in [0.2, 0.25) is 0 Å². The number of hydrogen-bond donors (Lipinski definition) is 2. The number of benzene rings is 2. The highest BCUT2D eigenvalue weighted by molar-refractivity contribution is 7.80. The van der Waals surface area contributed by atoms with Crippen LogP contribution >= 0.6 is 12.2 Å². The molecule has 0 aliphatic carbocycles. The second kappa shape index (κ2) is 6.74. The average molecular weight is 328 g/mol. The van der Waals surface area contributed by atoms with Crippen LogP contribution in [0.4, 0.5) is 23.2 Å². The maximum atomic E-state index is 13.6. The molecule has 7 heteroatoms. The van der Waals surface area contributed by atoms with Gasteiger partial charge < -0.3 is 10.6 Å². The van der Waals surface area contributed by atoms with E-state index in [-0.39, 0.29) is 10.8 Å². The normalized spacial score (nSPS) is 11.1.